The average molecular weight is 428 g/mol. The van der Waals surface area contributed by atoms with Gasteiger partial charge in [0.2, 0.25) is 5.76 Å². The number of carbonyl (C=O) groups is 1. The molecule has 0 aliphatic carbocycles. The second-order valence-corrected chi connectivity index (χ2v) is 7.91. The molecule has 7 nitrogen and oxygen atoms in total. The number of benzene rings is 1. The number of aryl methyl sites for hydroxylation is 1. The van der Waals surface area contributed by atoms with Crippen LogP contribution in [-0.2, 0) is 13.1 Å². The Morgan fingerprint density at radius 2 is 1.81 bits per heavy atom. The molecule has 0 aliphatic rings. The highest BCUT2D eigenvalue weighted by Crippen LogP contribution is 2.23. The summed E-state index contributed by atoms with van der Waals surface area (Å²) in [6.07, 6.45) is 3.49. The Balaban J connectivity index is 1.71. The lowest BCUT2D eigenvalue weighted by Gasteiger charge is -2.22. The van der Waals surface area contributed by atoms with E-state index >= 15 is 0 Å². The third-order valence-corrected chi connectivity index (χ3v) is 5.10. The number of pyridine rings is 1. The molecule has 0 unspecified atom stereocenters. The minimum absolute atomic E-state index is 0.170. The van der Waals surface area contributed by atoms with Crippen LogP contribution in [0.25, 0.3) is 11.3 Å². The van der Waals surface area contributed by atoms with Crippen molar-refractivity contribution in [2.45, 2.75) is 39.8 Å². The van der Waals surface area contributed by atoms with Crippen molar-refractivity contribution >= 4 is 5.91 Å². The molecule has 4 aromatic rings. The number of hydrogen-bond acceptors (Lipinski definition) is 6. The summed E-state index contributed by atoms with van der Waals surface area (Å²) >= 11 is 0. The van der Waals surface area contributed by atoms with Gasteiger partial charge in [0.15, 0.2) is 0 Å². The zero-order chi connectivity index (χ0) is 22.5. The van der Waals surface area contributed by atoms with E-state index in [9.17, 15) is 4.79 Å². The van der Waals surface area contributed by atoms with Crippen LogP contribution in [0.1, 0.15) is 53.1 Å². The Labute approximate surface area is 187 Å². The van der Waals surface area contributed by atoms with Crippen molar-refractivity contribution in [2.24, 2.45) is 0 Å². The van der Waals surface area contributed by atoms with Crippen LogP contribution >= 0.6 is 0 Å². The van der Waals surface area contributed by atoms with Gasteiger partial charge < -0.3 is 9.42 Å². The van der Waals surface area contributed by atoms with Crippen molar-refractivity contribution in [1.29, 1.82) is 0 Å². The number of amides is 1. The second kappa shape index (κ2) is 9.51. The van der Waals surface area contributed by atoms with Gasteiger partial charge in [-0.1, -0.05) is 55.4 Å². The Bertz CT molecular complexity index is 1190. The molecule has 0 aliphatic heterocycles. The Kier molecular flexibility index (Phi) is 6.35. The molecule has 32 heavy (non-hydrogen) atoms. The predicted octanol–water partition coefficient (Wildman–Crippen LogP) is 4.80. The maximum absolute atomic E-state index is 13.5. The third kappa shape index (κ3) is 4.88. The summed E-state index contributed by atoms with van der Waals surface area (Å²) in [5.74, 6) is 0.781. The first-order valence-electron chi connectivity index (χ1n) is 10.5. The largest absolute Gasteiger partial charge is 0.351 e. The minimum Gasteiger partial charge on any atom is -0.351 e. The van der Waals surface area contributed by atoms with Gasteiger partial charge in [-0.15, -0.1) is 0 Å². The van der Waals surface area contributed by atoms with Crippen LogP contribution in [-0.4, -0.2) is 30.9 Å². The summed E-state index contributed by atoms with van der Waals surface area (Å²) in [5.41, 5.74) is 4.04. The number of hydrogen-bond donors (Lipinski definition) is 0. The summed E-state index contributed by atoms with van der Waals surface area (Å²) in [4.78, 5) is 28.6. The van der Waals surface area contributed by atoms with Crippen LogP contribution in [0.3, 0.4) is 0 Å². The number of nitrogens with zero attached hydrogens (tertiary/aromatic N) is 5. The molecule has 7 heteroatoms. The van der Waals surface area contributed by atoms with Gasteiger partial charge in [0, 0.05) is 30.6 Å². The van der Waals surface area contributed by atoms with Crippen LogP contribution in [0.15, 0.2) is 71.5 Å². The van der Waals surface area contributed by atoms with E-state index in [-0.39, 0.29) is 24.1 Å². The lowest BCUT2D eigenvalue weighted by molar-refractivity contribution is 0.0685. The zero-order valence-electron chi connectivity index (χ0n) is 18.4. The van der Waals surface area contributed by atoms with Crippen molar-refractivity contribution in [3.05, 3.63) is 95.5 Å². The van der Waals surface area contributed by atoms with E-state index in [2.05, 4.69) is 20.1 Å². The molecule has 1 amide bonds. The molecule has 0 N–H and O–H groups in total. The van der Waals surface area contributed by atoms with Gasteiger partial charge in [0.25, 0.3) is 5.91 Å². The van der Waals surface area contributed by atoms with Crippen molar-refractivity contribution in [2.75, 3.05) is 0 Å². The predicted molar refractivity (Wildman–Crippen MR) is 121 cm³/mol. The summed E-state index contributed by atoms with van der Waals surface area (Å²) in [7, 11) is 0. The van der Waals surface area contributed by atoms with Gasteiger partial charge >= 0.3 is 0 Å². The molecule has 3 aromatic heterocycles. The smallest absolute Gasteiger partial charge is 0.293 e. The number of carbonyl (C=O) groups excluding carboxylic acids is 1. The van der Waals surface area contributed by atoms with E-state index in [4.69, 9.17) is 4.52 Å². The molecule has 0 atom stereocenters. The summed E-state index contributed by atoms with van der Waals surface area (Å²) in [5, 5.41) is 4.05. The third-order valence-electron chi connectivity index (χ3n) is 5.10. The van der Waals surface area contributed by atoms with E-state index in [0.29, 0.717) is 12.4 Å². The van der Waals surface area contributed by atoms with Crippen molar-refractivity contribution in [3.8, 4) is 11.3 Å². The topological polar surface area (TPSA) is 85.0 Å². The SMILES string of the molecule is Cc1ncc(-c2ccccn2)c(CN(Cc2ccccc2)C(=O)c2cc(C(C)C)no2)n1. The molecule has 0 saturated carbocycles. The normalized spacial score (nSPS) is 11.0. The minimum atomic E-state index is -0.239. The van der Waals surface area contributed by atoms with Crippen LogP contribution in [0.2, 0.25) is 0 Å². The summed E-state index contributed by atoms with van der Waals surface area (Å²) in [6.45, 7) is 6.54. The van der Waals surface area contributed by atoms with E-state index in [1.54, 1.807) is 23.4 Å². The Hall–Kier alpha value is -3.87. The highest BCUT2D eigenvalue weighted by molar-refractivity contribution is 5.91. The monoisotopic (exact) mass is 427 g/mol. The molecule has 0 saturated heterocycles. The molecular weight excluding hydrogens is 402 g/mol. The highest BCUT2D eigenvalue weighted by Gasteiger charge is 2.24. The Morgan fingerprint density at radius 1 is 1.03 bits per heavy atom. The van der Waals surface area contributed by atoms with E-state index in [0.717, 1.165) is 28.2 Å². The molecule has 0 fully saturated rings. The molecule has 0 radical (unpaired) electrons. The van der Waals surface area contributed by atoms with Gasteiger partial charge in [0.1, 0.15) is 5.82 Å². The maximum Gasteiger partial charge on any atom is 0.293 e. The Morgan fingerprint density at radius 3 is 2.50 bits per heavy atom. The fraction of sp³-hybridized carbons (Fsp3) is 0.240. The van der Waals surface area contributed by atoms with Crippen molar-refractivity contribution in [3.63, 3.8) is 0 Å². The maximum atomic E-state index is 13.5. The average Bonchev–Trinajstić information content (AvgIpc) is 3.30. The van der Waals surface area contributed by atoms with Crippen molar-refractivity contribution < 1.29 is 9.32 Å². The first kappa shape index (κ1) is 21.4. The molecule has 162 valence electrons. The number of aromatic nitrogens is 4. The zero-order valence-corrected chi connectivity index (χ0v) is 18.4. The van der Waals surface area contributed by atoms with Gasteiger partial charge in [-0.2, -0.15) is 0 Å². The van der Waals surface area contributed by atoms with Gasteiger partial charge in [0.05, 0.1) is 23.6 Å². The molecule has 1 aromatic carbocycles. The first-order valence-corrected chi connectivity index (χ1v) is 10.5. The van der Waals surface area contributed by atoms with Gasteiger partial charge in [-0.3, -0.25) is 9.78 Å². The standard InChI is InChI=1S/C25H25N5O2/c1-17(2)22-13-24(32-29-22)25(31)30(15-19-9-5-4-6-10-19)16-23-20(14-27-18(3)28-23)21-11-7-8-12-26-21/h4-14,17H,15-16H2,1-3H3. The lowest BCUT2D eigenvalue weighted by atomic mass is 10.1. The fourth-order valence-electron chi connectivity index (χ4n) is 3.38. The molecule has 0 bridgehead atoms. The van der Waals surface area contributed by atoms with Crippen LogP contribution in [0.4, 0.5) is 0 Å². The molecule has 3 heterocycles. The summed E-state index contributed by atoms with van der Waals surface area (Å²) < 4.78 is 5.40. The molecule has 4 rings (SSSR count). The van der Waals surface area contributed by atoms with Crippen LogP contribution in [0.5, 0.6) is 0 Å². The second-order valence-electron chi connectivity index (χ2n) is 7.91. The van der Waals surface area contributed by atoms with E-state index in [1.807, 2.05) is 69.3 Å². The quantitative estimate of drug-likeness (QED) is 0.421. The first-order chi connectivity index (χ1) is 15.5. The van der Waals surface area contributed by atoms with Crippen LogP contribution in [0, 0.1) is 6.92 Å². The lowest BCUT2D eigenvalue weighted by Crippen LogP contribution is -2.30. The van der Waals surface area contributed by atoms with Gasteiger partial charge in [-0.25, -0.2) is 9.97 Å². The molecule has 0 spiro atoms. The highest BCUT2D eigenvalue weighted by atomic mass is 16.5. The number of rotatable bonds is 7. The fourth-order valence-corrected chi connectivity index (χ4v) is 3.38. The van der Waals surface area contributed by atoms with E-state index < -0.39 is 0 Å². The van der Waals surface area contributed by atoms with Crippen LogP contribution < -0.4 is 0 Å². The van der Waals surface area contributed by atoms with E-state index in [1.165, 1.54) is 0 Å². The van der Waals surface area contributed by atoms with Crippen molar-refractivity contribution in [1.82, 2.24) is 25.0 Å². The van der Waals surface area contributed by atoms with Gasteiger partial charge in [-0.05, 0) is 30.5 Å². The summed E-state index contributed by atoms with van der Waals surface area (Å²) in [6, 6.07) is 17.3. The molecular formula is C25H25N5O2.